The minimum Gasteiger partial charge on any atom is -0.467 e. The highest BCUT2D eigenvalue weighted by Crippen LogP contribution is 2.08. The van der Waals surface area contributed by atoms with Gasteiger partial charge in [0.25, 0.3) is 11.9 Å². The van der Waals surface area contributed by atoms with Crippen molar-refractivity contribution in [3.63, 3.8) is 0 Å². The lowest BCUT2D eigenvalue weighted by molar-refractivity contribution is 0.0995. The van der Waals surface area contributed by atoms with E-state index in [1.165, 1.54) is 24.1 Å². The highest BCUT2D eigenvalue weighted by Gasteiger charge is 2.10. The number of nitrogens with two attached hydrogens (primary N) is 2. The van der Waals surface area contributed by atoms with Crippen LogP contribution >= 0.6 is 0 Å². The minimum atomic E-state index is -0.641. The van der Waals surface area contributed by atoms with Crippen molar-refractivity contribution in [3.8, 4) is 12.0 Å². The summed E-state index contributed by atoms with van der Waals surface area (Å²) in [5.74, 6) is -0.512. The van der Waals surface area contributed by atoms with Crippen molar-refractivity contribution in [2.75, 3.05) is 12.8 Å². The van der Waals surface area contributed by atoms with Gasteiger partial charge in [0.15, 0.2) is 0 Å². The Kier molecular flexibility index (Phi) is 2.57. The minimum absolute atomic E-state index is 0.0111. The Labute approximate surface area is 95.4 Å². The van der Waals surface area contributed by atoms with Crippen LogP contribution in [0.25, 0.3) is 5.95 Å². The monoisotopic (exact) mass is 235 g/mol. The Morgan fingerprint density at radius 3 is 2.76 bits per heavy atom. The fourth-order valence-electron chi connectivity index (χ4n) is 1.12. The molecule has 0 aliphatic heterocycles. The van der Waals surface area contributed by atoms with Crippen LogP contribution in [-0.2, 0) is 0 Å². The van der Waals surface area contributed by atoms with E-state index in [4.69, 9.17) is 16.2 Å². The molecule has 0 radical (unpaired) electrons. The fraction of sp³-hybridized carbons (Fsp3) is 0.125. The maximum absolute atomic E-state index is 10.9. The maximum Gasteiger partial charge on any atom is 0.322 e. The number of anilines is 1. The number of methoxy groups -OCH3 is 1. The number of nitrogens with zero attached hydrogens (tertiary/aromatic N) is 5. The third kappa shape index (κ3) is 2.12. The van der Waals surface area contributed by atoms with Gasteiger partial charge in [-0.2, -0.15) is 20.1 Å². The number of amides is 1. The van der Waals surface area contributed by atoms with Crippen molar-refractivity contribution in [2.24, 2.45) is 5.73 Å². The normalized spacial score (nSPS) is 10.2. The Bertz CT molecular complexity index is 565. The molecule has 0 aliphatic carbocycles. The van der Waals surface area contributed by atoms with Crippen LogP contribution in [0, 0.1) is 0 Å². The number of rotatable bonds is 3. The van der Waals surface area contributed by atoms with Gasteiger partial charge in [-0.3, -0.25) is 4.79 Å². The van der Waals surface area contributed by atoms with Gasteiger partial charge in [0.2, 0.25) is 5.95 Å². The summed E-state index contributed by atoms with van der Waals surface area (Å²) in [4.78, 5) is 22.4. The summed E-state index contributed by atoms with van der Waals surface area (Å²) in [6.07, 6.45) is 1.48. The predicted octanol–water partition coefficient (Wildman–Crippen LogP) is -1.25. The number of primary amides is 1. The van der Waals surface area contributed by atoms with Gasteiger partial charge in [0.1, 0.15) is 5.69 Å². The molecule has 2 aromatic heterocycles. The van der Waals surface area contributed by atoms with Crippen molar-refractivity contribution < 1.29 is 9.53 Å². The molecule has 0 saturated carbocycles. The quantitative estimate of drug-likeness (QED) is 0.678. The molecule has 9 heteroatoms. The van der Waals surface area contributed by atoms with Gasteiger partial charge in [-0.15, -0.1) is 0 Å². The van der Waals surface area contributed by atoms with Crippen molar-refractivity contribution in [1.82, 2.24) is 24.7 Å². The van der Waals surface area contributed by atoms with Crippen LogP contribution < -0.4 is 16.2 Å². The topological polar surface area (TPSA) is 135 Å². The van der Waals surface area contributed by atoms with E-state index in [1.54, 1.807) is 0 Å². The lowest BCUT2D eigenvalue weighted by atomic mass is 10.4. The molecular formula is C8H9N7O2. The van der Waals surface area contributed by atoms with E-state index in [9.17, 15) is 4.79 Å². The zero-order chi connectivity index (χ0) is 12.4. The molecule has 0 fully saturated rings. The van der Waals surface area contributed by atoms with Gasteiger partial charge in [-0.25, -0.2) is 4.68 Å². The van der Waals surface area contributed by atoms with Gasteiger partial charge >= 0.3 is 6.01 Å². The summed E-state index contributed by atoms with van der Waals surface area (Å²) >= 11 is 0. The molecule has 4 N–H and O–H groups in total. The van der Waals surface area contributed by atoms with Crippen LogP contribution in [0.4, 0.5) is 5.95 Å². The van der Waals surface area contributed by atoms with Crippen LogP contribution in [0.5, 0.6) is 6.01 Å². The molecule has 17 heavy (non-hydrogen) atoms. The Balaban J connectivity index is 2.44. The molecule has 88 valence electrons. The Morgan fingerprint density at radius 1 is 1.41 bits per heavy atom. The molecule has 2 rings (SSSR count). The summed E-state index contributed by atoms with van der Waals surface area (Å²) in [6, 6.07) is 1.50. The zero-order valence-electron chi connectivity index (χ0n) is 8.86. The van der Waals surface area contributed by atoms with E-state index in [1.807, 2.05) is 0 Å². The molecule has 2 heterocycles. The predicted molar refractivity (Wildman–Crippen MR) is 56.4 cm³/mol. The zero-order valence-corrected chi connectivity index (χ0v) is 8.86. The molecule has 1 amide bonds. The number of carbonyl (C=O) groups excluding carboxylic acids is 1. The highest BCUT2D eigenvalue weighted by molar-refractivity contribution is 5.90. The average molecular weight is 235 g/mol. The number of hydrogen-bond donors (Lipinski definition) is 2. The first-order chi connectivity index (χ1) is 8.10. The molecular weight excluding hydrogens is 226 g/mol. The molecule has 0 atom stereocenters. The first-order valence-corrected chi connectivity index (χ1v) is 4.51. The molecule has 9 nitrogen and oxygen atoms in total. The van der Waals surface area contributed by atoms with Crippen LogP contribution in [0.15, 0.2) is 12.3 Å². The number of aromatic nitrogens is 5. The summed E-state index contributed by atoms with van der Waals surface area (Å²) in [5.41, 5.74) is 10.6. The smallest absolute Gasteiger partial charge is 0.322 e. The second kappa shape index (κ2) is 4.04. The van der Waals surface area contributed by atoms with Crippen LogP contribution in [0.3, 0.4) is 0 Å². The lowest BCUT2D eigenvalue weighted by Crippen LogP contribution is -2.13. The van der Waals surface area contributed by atoms with E-state index in [-0.39, 0.29) is 23.6 Å². The molecule has 0 unspecified atom stereocenters. The van der Waals surface area contributed by atoms with Crippen LogP contribution in [-0.4, -0.2) is 37.7 Å². The van der Waals surface area contributed by atoms with Gasteiger partial charge < -0.3 is 16.2 Å². The third-order valence-electron chi connectivity index (χ3n) is 1.85. The summed E-state index contributed by atoms with van der Waals surface area (Å²) in [5, 5.41) is 3.87. The van der Waals surface area contributed by atoms with Crippen molar-refractivity contribution in [3.05, 3.63) is 18.0 Å². The van der Waals surface area contributed by atoms with E-state index in [2.05, 4.69) is 20.1 Å². The summed E-state index contributed by atoms with van der Waals surface area (Å²) < 4.78 is 6.09. The molecule has 0 aromatic carbocycles. The number of ether oxygens (including phenoxy) is 1. The van der Waals surface area contributed by atoms with Crippen LogP contribution in [0.2, 0.25) is 0 Å². The Morgan fingerprint density at radius 2 is 2.18 bits per heavy atom. The summed E-state index contributed by atoms with van der Waals surface area (Å²) in [6.45, 7) is 0. The van der Waals surface area contributed by atoms with Gasteiger partial charge in [-0.05, 0) is 6.07 Å². The standard InChI is InChI=1S/C8H9N7O2/c1-17-8-12-6(10)11-7(13-8)15-3-2-4(14-15)5(9)16/h2-3H,1H3,(H2,9,16)(H2,10,11,12,13). The molecule has 0 spiro atoms. The molecule has 0 aliphatic rings. The first kappa shape index (κ1) is 10.8. The van der Waals surface area contributed by atoms with Gasteiger partial charge in [0, 0.05) is 6.20 Å². The van der Waals surface area contributed by atoms with E-state index >= 15 is 0 Å². The number of hydrogen-bond acceptors (Lipinski definition) is 7. The van der Waals surface area contributed by atoms with Crippen molar-refractivity contribution in [1.29, 1.82) is 0 Å². The highest BCUT2D eigenvalue weighted by atomic mass is 16.5. The molecule has 0 bridgehead atoms. The maximum atomic E-state index is 10.9. The molecule has 0 saturated heterocycles. The Hall–Kier alpha value is -2.71. The van der Waals surface area contributed by atoms with E-state index < -0.39 is 5.91 Å². The number of nitrogen functional groups attached to an aromatic ring is 1. The van der Waals surface area contributed by atoms with Gasteiger partial charge in [0.05, 0.1) is 7.11 Å². The SMILES string of the molecule is COc1nc(N)nc(-n2ccc(C(N)=O)n2)n1. The average Bonchev–Trinajstić information content (AvgIpc) is 2.77. The lowest BCUT2D eigenvalue weighted by Gasteiger charge is -2.02. The fourth-order valence-corrected chi connectivity index (χ4v) is 1.12. The first-order valence-electron chi connectivity index (χ1n) is 4.51. The second-order valence-corrected chi connectivity index (χ2v) is 2.99. The third-order valence-corrected chi connectivity index (χ3v) is 1.85. The molecule has 2 aromatic rings. The number of carbonyl (C=O) groups is 1. The summed E-state index contributed by atoms with van der Waals surface area (Å²) in [7, 11) is 1.40. The largest absolute Gasteiger partial charge is 0.467 e. The van der Waals surface area contributed by atoms with Crippen LogP contribution in [0.1, 0.15) is 10.5 Å². The van der Waals surface area contributed by atoms with E-state index in [0.717, 1.165) is 0 Å². The van der Waals surface area contributed by atoms with Crippen molar-refractivity contribution >= 4 is 11.9 Å². The second-order valence-electron chi connectivity index (χ2n) is 2.99. The van der Waals surface area contributed by atoms with Gasteiger partial charge in [-0.1, -0.05) is 0 Å². The van der Waals surface area contributed by atoms with E-state index in [0.29, 0.717) is 0 Å². The van der Waals surface area contributed by atoms with Crippen molar-refractivity contribution in [2.45, 2.75) is 0 Å².